The number of rotatable bonds is 6. The monoisotopic (exact) mass is 290 g/mol. The first kappa shape index (κ1) is 14.7. The maximum atomic E-state index is 11.6. The highest BCUT2D eigenvalue weighted by atomic mass is 32.2. The molecule has 1 N–H and O–H groups in total. The number of benzene rings is 1. The molecular formula is C15H18N2O2S. The van der Waals surface area contributed by atoms with E-state index in [1.807, 2.05) is 35.9 Å². The molecule has 5 heteroatoms. The highest BCUT2D eigenvalue weighted by Gasteiger charge is 2.18. The van der Waals surface area contributed by atoms with Crippen LogP contribution in [0, 0.1) is 0 Å². The molecule has 4 nitrogen and oxygen atoms in total. The molecule has 0 aliphatic rings. The summed E-state index contributed by atoms with van der Waals surface area (Å²) in [7, 11) is 0. The maximum Gasteiger partial charge on any atom is 0.338 e. The van der Waals surface area contributed by atoms with Crippen LogP contribution in [0.1, 0.15) is 36.5 Å². The molecule has 2 aromatic rings. The maximum absolute atomic E-state index is 11.6. The van der Waals surface area contributed by atoms with Gasteiger partial charge in [0, 0.05) is 23.7 Å². The zero-order valence-electron chi connectivity index (χ0n) is 11.7. The van der Waals surface area contributed by atoms with E-state index < -0.39 is 5.97 Å². The number of carboxylic acids is 1. The largest absolute Gasteiger partial charge is 0.478 e. The molecule has 1 heterocycles. The summed E-state index contributed by atoms with van der Waals surface area (Å²) in [6, 6.07) is 5.59. The van der Waals surface area contributed by atoms with Crippen LogP contribution in [0.15, 0.2) is 35.5 Å². The van der Waals surface area contributed by atoms with Crippen molar-refractivity contribution in [3.63, 3.8) is 0 Å². The van der Waals surface area contributed by atoms with Gasteiger partial charge in [-0.1, -0.05) is 19.9 Å². The van der Waals surface area contributed by atoms with Gasteiger partial charge in [-0.05, 0) is 24.3 Å². The van der Waals surface area contributed by atoms with E-state index >= 15 is 0 Å². The molecule has 2 rings (SSSR count). The Labute approximate surface area is 122 Å². The molecule has 0 fully saturated rings. The molecule has 0 unspecified atom stereocenters. The number of aromatic carboxylic acids is 1. The van der Waals surface area contributed by atoms with Crippen molar-refractivity contribution in [1.29, 1.82) is 0 Å². The Morgan fingerprint density at radius 3 is 2.85 bits per heavy atom. The van der Waals surface area contributed by atoms with Crippen molar-refractivity contribution in [3.8, 4) is 5.69 Å². The zero-order chi connectivity index (χ0) is 14.5. The number of carboxylic acid groups (broad SMARTS) is 1. The standard InChI is InChI=1S/C15H18N2O2S/c1-3-6-13-16-9-10-17(13)11-7-5-8-12(20-4-2)14(11)15(18)19/h5,7-10H,3-4,6H2,1-2H3,(H,18,19). The molecular weight excluding hydrogens is 272 g/mol. The van der Waals surface area contributed by atoms with E-state index in [9.17, 15) is 9.90 Å². The van der Waals surface area contributed by atoms with Gasteiger partial charge in [0.2, 0.25) is 0 Å². The molecule has 20 heavy (non-hydrogen) atoms. The Bertz CT molecular complexity index is 608. The van der Waals surface area contributed by atoms with Gasteiger partial charge in [-0.2, -0.15) is 0 Å². The summed E-state index contributed by atoms with van der Waals surface area (Å²) in [6.45, 7) is 4.10. The van der Waals surface area contributed by atoms with Crippen molar-refractivity contribution in [2.24, 2.45) is 0 Å². The quantitative estimate of drug-likeness (QED) is 0.825. The smallest absolute Gasteiger partial charge is 0.338 e. The van der Waals surface area contributed by atoms with E-state index in [1.165, 1.54) is 0 Å². The second-order valence-corrected chi connectivity index (χ2v) is 5.66. The van der Waals surface area contributed by atoms with Crippen molar-refractivity contribution in [1.82, 2.24) is 9.55 Å². The van der Waals surface area contributed by atoms with Crippen LogP contribution in [-0.4, -0.2) is 26.4 Å². The summed E-state index contributed by atoms with van der Waals surface area (Å²) in [6.07, 6.45) is 5.35. The van der Waals surface area contributed by atoms with Crippen molar-refractivity contribution in [2.75, 3.05) is 5.75 Å². The molecule has 0 bridgehead atoms. The third-order valence-corrected chi connectivity index (χ3v) is 3.91. The molecule has 0 saturated carbocycles. The lowest BCUT2D eigenvalue weighted by Gasteiger charge is -2.13. The number of nitrogens with zero attached hydrogens (tertiary/aromatic N) is 2. The average molecular weight is 290 g/mol. The lowest BCUT2D eigenvalue weighted by Crippen LogP contribution is -2.09. The SMILES string of the molecule is CCCc1nccn1-c1cccc(SCC)c1C(=O)O. The molecule has 0 atom stereocenters. The van der Waals surface area contributed by atoms with Crippen LogP contribution in [0.2, 0.25) is 0 Å². The minimum Gasteiger partial charge on any atom is -0.478 e. The Balaban J connectivity index is 2.58. The van der Waals surface area contributed by atoms with E-state index in [-0.39, 0.29) is 0 Å². The summed E-state index contributed by atoms with van der Waals surface area (Å²) in [5.41, 5.74) is 1.05. The normalized spacial score (nSPS) is 10.7. The minimum atomic E-state index is -0.896. The highest BCUT2D eigenvalue weighted by molar-refractivity contribution is 7.99. The number of thioether (sulfide) groups is 1. The number of hydrogen-bond donors (Lipinski definition) is 1. The van der Waals surface area contributed by atoms with Crippen molar-refractivity contribution in [2.45, 2.75) is 31.6 Å². The summed E-state index contributed by atoms with van der Waals surface area (Å²) >= 11 is 1.55. The van der Waals surface area contributed by atoms with Crippen LogP contribution in [-0.2, 0) is 6.42 Å². The molecule has 0 amide bonds. The second-order valence-electron chi connectivity index (χ2n) is 4.35. The molecule has 106 valence electrons. The first-order valence-electron chi connectivity index (χ1n) is 6.70. The molecule has 0 aliphatic heterocycles. The molecule has 1 aromatic carbocycles. The summed E-state index contributed by atoms with van der Waals surface area (Å²) in [5, 5.41) is 9.55. The predicted molar refractivity (Wildman–Crippen MR) is 80.9 cm³/mol. The fourth-order valence-corrected chi connectivity index (χ4v) is 3.00. The summed E-state index contributed by atoms with van der Waals surface area (Å²) in [5.74, 6) is 0.844. The van der Waals surface area contributed by atoms with Crippen LogP contribution in [0.25, 0.3) is 5.69 Å². The number of aromatic nitrogens is 2. The Kier molecular flexibility index (Phi) is 4.84. The van der Waals surface area contributed by atoms with Gasteiger partial charge in [-0.25, -0.2) is 9.78 Å². The van der Waals surface area contributed by atoms with Crippen LogP contribution >= 0.6 is 11.8 Å². The predicted octanol–water partition coefficient (Wildman–Crippen LogP) is 3.64. The van der Waals surface area contributed by atoms with Crippen LogP contribution in [0.3, 0.4) is 0 Å². The zero-order valence-corrected chi connectivity index (χ0v) is 12.5. The third kappa shape index (κ3) is 2.88. The minimum absolute atomic E-state index is 0.356. The van der Waals surface area contributed by atoms with Crippen LogP contribution < -0.4 is 0 Å². The van der Waals surface area contributed by atoms with Gasteiger partial charge in [0.1, 0.15) is 5.82 Å². The van der Waals surface area contributed by atoms with Crippen molar-refractivity contribution < 1.29 is 9.90 Å². The highest BCUT2D eigenvalue weighted by Crippen LogP contribution is 2.28. The number of hydrogen-bond acceptors (Lipinski definition) is 3. The van der Waals surface area contributed by atoms with Crippen molar-refractivity contribution in [3.05, 3.63) is 42.0 Å². The summed E-state index contributed by atoms with van der Waals surface area (Å²) < 4.78 is 1.88. The van der Waals surface area contributed by atoms with Crippen LogP contribution in [0.4, 0.5) is 0 Å². The average Bonchev–Trinajstić information content (AvgIpc) is 2.87. The van der Waals surface area contributed by atoms with Gasteiger partial charge < -0.3 is 9.67 Å². The van der Waals surface area contributed by atoms with E-state index in [2.05, 4.69) is 11.9 Å². The Hall–Kier alpha value is -1.75. The molecule has 0 spiro atoms. The summed E-state index contributed by atoms with van der Waals surface area (Å²) in [4.78, 5) is 16.8. The number of imidazole rings is 1. The molecule has 0 radical (unpaired) electrons. The van der Waals surface area contributed by atoms with E-state index in [0.717, 1.165) is 29.3 Å². The lowest BCUT2D eigenvalue weighted by molar-refractivity contribution is 0.0693. The van der Waals surface area contributed by atoms with Crippen LogP contribution in [0.5, 0.6) is 0 Å². The molecule has 0 saturated heterocycles. The molecule has 1 aromatic heterocycles. The van der Waals surface area contributed by atoms with Gasteiger partial charge in [0.25, 0.3) is 0 Å². The van der Waals surface area contributed by atoms with Gasteiger partial charge >= 0.3 is 5.97 Å². The second kappa shape index (κ2) is 6.61. The fraction of sp³-hybridized carbons (Fsp3) is 0.333. The Morgan fingerprint density at radius 1 is 1.40 bits per heavy atom. The van der Waals surface area contributed by atoms with E-state index in [1.54, 1.807) is 18.0 Å². The number of aryl methyl sites for hydroxylation is 1. The first-order chi connectivity index (χ1) is 9.69. The topological polar surface area (TPSA) is 55.1 Å². The number of carbonyl (C=O) groups is 1. The molecule has 0 aliphatic carbocycles. The Morgan fingerprint density at radius 2 is 2.20 bits per heavy atom. The van der Waals surface area contributed by atoms with Crippen molar-refractivity contribution >= 4 is 17.7 Å². The first-order valence-corrected chi connectivity index (χ1v) is 7.69. The van der Waals surface area contributed by atoms with Gasteiger partial charge in [0.15, 0.2) is 0 Å². The third-order valence-electron chi connectivity index (χ3n) is 2.97. The fourth-order valence-electron chi connectivity index (χ4n) is 2.17. The van der Waals surface area contributed by atoms with Gasteiger partial charge in [-0.3, -0.25) is 0 Å². The van der Waals surface area contributed by atoms with E-state index in [4.69, 9.17) is 0 Å². The van der Waals surface area contributed by atoms with E-state index in [0.29, 0.717) is 11.3 Å². The lowest BCUT2D eigenvalue weighted by atomic mass is 10.1. The van der Waals surface area contributed by atoms with Gasteiger partial charge in [0.05, 0.1) is 11.3 Å². The van der Waals surface area contributed by atoms with Gasteiger partial charge in [-0.15, -0.1) is 11.8 Å².